The molecule has 0 aliphatic heterocycles. The number of benzene rings is 9. The van der Waals surface area contributed by atoms with E-state index < -0.39 is 5.41 Å². The van der Waals surface area contributed by atoms with E-state index in [1.165, 1.54) is 94.6 Å². The van der Waals surface area contributed by atoms with Crippen LogP contribution < -0.4 is 4.90 Å². The molecule has 1 spiro atoms. The maximum atomic E-state index is 2.53. The van der Waals surface area contributed by atoms with Crippen LogP contribution in [0.1, 0.15) is 70.7 Å². The molecule has 0 bridgehead atoms. The van der Waals surface area contributed by atoms with Gasteiger partial charge in [0.2, 0.25) is 0 Å². The lowest BCUT2D eigenvalue weighted by molar-refractivity contribution is 0.660. The minimum atomic E-state index is -0.490. The minimum Gasteiger partial charge on any atom is -0.310 e. The summed E-state index contributed by atoms with van der Waals surface area (Å²) >= 11 is 0. The standard InChI is InChI=1S/C64H47N/c1-63(2)56-28-13-9-25-50(56)53-35-33-47(40-60(53)63)65(62-31-16-12-24-49(62)43-20-7-4-8-21-43)48-34-36-54-51-26-10-14-29-57(51)64(61(54)41-48)58-30-15-11-27-52(58)55-39-46(32-37-59(55)64)45-23-17-22-44(38-45)42-18-5-3-6-19-42/h3-37,39-41,45H,38H2,1-2H3. The van der Waals surface area contributed by atoms with Crippen LogP contribution in [-0.2, 0) is 10.8 Å². The van der Waals surface area contributed by atoms with E-state index >= 15 is 0 Å². The highest BCUT2D eigenvalue weighted by Gasteiger charge is 2.52. The molecular formula is C64H47N. The van der Waals surface area contributed by atoms with E-state index in [0.717, 1.165) is 23.5 Å². The molecule has 0 aromatic heterocycles. The molecule has 0 radical (unpaired) electrons. The summed E-state index contributed by atoms with van der Waals surface area (Å²) in [5, 5.41) is 0. The van der Waals surface area contributed by atoms with E-state index in [1.807, 2.05) is 0 Å². The molecule has 0 amide bonds. The number of allylic oxidation sites excluding steroid dienone is 4. The van der Waals surface area contributed by atoms with E-state index in [2.05, 4.69) is 249 Å². The second kappa shape index (κ2) is 14.4. The monoisotopic (exact) mass is 829 g/mol. The van der Waals surface area contributed by atoms with Crippen LogP contribution in [0.5, 0.6) is 0 Å². The number of nitrogens with zero attached hydrogens (tertiary/aromatic N) is 1. The van der Waals surface area contributed by atoms with Gasteiger partial charge in [0, 0.05) is 28.3 Å². The second-order valence-corrected chi connectivity index (χ2v) is 18.7. The normalized spacial score (nSPS) is 17.7. The Balaban J connectivity index is 1.02. The fraction of sp³-hybridized carbons (Fsp3) is 0.0938. The highest BCUT2D eigenvalue weighted by molar-refractivity contribution is 5.98. The first-order valence-corrected chi connectivity index (χ1v) is 23.1. The van der Waals surface area contributed by atoms with Crippen molar-refractivity contribution in [2.75, 3.05) is 4.90 Å². The third-order valence-electron chi connectivity index (χ3n) is 15.1. The molecular weight excluding hydrogens is 783 g/mol. The highest BCUT2D eigenvalue weighted by Crippen LogP contribution is 2.64. The first-order valence-electron chi connectivity index (χ1n) is 23.1. The van der Waals surface area contributed by atoms with Gasteiger partial charge in [0.1, 0.15) is 0 Å². The molecule has 2 atom stereocenters. The molecule has 65 heavy (non-hydrogen) atoms. The minimum absolute atomic E-state index is 0.140. The van der Waals surface area contributed by atoms with E-state index in [9.17, 15) is 0 Å². The number of anilines is 3. The van der Waals surface area contributed by atoms with Gasteiger partial charge in [0.25, 0.3) is 0 Å². The van der Waals surface area contributed by atoms with Crippen molar-refractivity contribution in [2.45, 2.75) is 37.0 Å². The van der Waals surface area contributed by atoms with Gasteiger partial charge in [-0.25, -0.2) is 0 Å². The van der Waals surface area contributed by atoms with Gasteiger partial charge in [-0.05, 0) is 126 Å². The first kappa shape index (κ1) is 37.8. The largest absolute Gasteiger partial charge is 0.310 e. The molecule has 2 unspecified atom stereocenters. The smallest absolute Gasteiger partial charge is 0.0726 e. The Kier molecular flexibility index (Phi) is 8.37. The number of rotatable bonds is 6. The summed E-state index contributed by atoms with van der Waals surface area (Å²) in [7, 11) is 0. The Morgan fingerprint density at radius 1 is 0.400 bits per heavy atom. The van der Waals surface area contributed by atoms with Crippen molar-refractivity contribution in [3.8, 4) is 44.5 Å². The summed E-state index contributed by atoms with van der Waals surface area (Å²) in [6.07, 6.45) is 7.91. The summed E-state index contributed by atoms with van der Waals surface area (Å²) in [6, 6.07) is 79.9. The van der Waals surface area contributed by atoms with E-state index in [-0.39, 0.29) is 5.41 Å². The van der Waals surface area contributed by atoms with Crippen molar-refractivity contribution in [1.82, 2.24) is 0 Å². The Bertz CT molecular complexity index is 3440. The van der Waals surface area contributed by atoms with Crippen LogP contribution in [-0.4, -0.2) is 0 Å². The topological polar surface area (TPSA) is 3.24 Å². The summed E-state index contributed by atoms with van der Waals surface area (Å²) in [5.74, 6) is 0.294. The maximum Gasteiger partial charge on any atom is 0.0726 e. The van der Waals surface area contributed by atoms with Crippen LogP contribution in [0.25, 0.3) is 50.1 Å². The van der Waals surface area contributed by atoms with Crippen LogP contribution in [0.15, 0.2) is 231 Å². The summed E-state index contributed by atoms with van der Waals surface area (Å²) < 4.78 is 0. The van der Waals surface area contributed by atoms with Crippen LogP contribution in [0.4, 0.5) is 17.1 Å². The zero-order valence-electron chi connectivity index (χ0n) is 36.7. The van der Waals surface area contributed by atoms with Crippen LogP contribution in [0.2, 0.25) is 0 Å². The fourth-order valence-corrected chi connectivity index (χ4v) is 12.1. The van der Waals surface area contributed by atoms with Gasteiger partial charge in [0.15, 0.2) is 0 Å². The molecule has 0 N–H and O–H groups in total. The predicted octanol–water partition coefficient (Wildman–Crippen LogP) is 16.6. The van der Waals surface area contributed by atoms with Crippen molar-refractivity contribution in [1.29, 1.82) is 0 Å². The van der Waals surface area contributed by atoms with Crippen molar-refractivity contribution in [3.05, 3.63) is 275 Å². The van der Waals surface area contributed by atoms with E-state index in [0.29, 0.717) is 5.92 Å². The second-order valence-electron chi connectivity index (χ2n) is 18.7. The molecule has 4 aliphatic rings. The zero-order chi connectivity index (χ0) is 43.3. The van der Waals surface area contributed by atoms with E-state index in [1.54, 1.807) is 0 Å². The molecule has 1 heteroatoms. The number of hydrogen-bond acceptors (Lipinski definition) is 1. The predicted molar refractivity (Wildman–Crippen MR) is 271 cm³/mol. The van der Waals surface area contributed by atoms with Crippen molar-refractivity contribution >= 4 is 22.6 Å². The van der Waals surface area contributed by atoms with E-state index in [4.69, 9.17) is 0 Å². The van der Waals surface area contributed by atoms with Crippen LogP contribution >= 0.6 is 0 Å². The number of fused-ring (bicyclic) bond motifs is 13. The first-order chi connectivity index (χ1) is 32.0. The van der Waals surface area contributed by atoms with Gasteiger partial charge >= 0.3 is 0 Å². The lowest BCUT2D eigenvalue weighted by Crippen LogP contribution is -2.26. The van der Waals surface area contributed by atoms with Gasteiger partial charge in [0.05, 0.1) is 11.1 Å². The summed E-state index contributed by atoms with van der Waals surface area (Å²) in [4.78, 5) is 2.52. The lowest BCUT2D eigenvalue weighted by atomic mass is 9.70. The quantitative estimate of drug-likeness (QED) is 0.161. The summed E-state index contributed by atoms with van der Waals surface area (Å²) in [5.41, 5.74) is 25.3. The van der Waals surface area contributed by atoms with Crippen molar-refractivity contribution in [3.63, 3.8) is 0 Å². The lowest BCUT2D eigenvalue weighted by Gasteiger charge is -2.33. The fourth-order valence-electron chi connectivity index (χ4n) is 12.1. The molecule has 308 valence electrons. The highest BCUT2D eigenvalue weighted by atomic mass is 15.1. The number of hydrogen-bond donors (Lipinski definition) is 0. The SMILES string of the molecule is CC1(C)c2ccccc2-c2ccc(N(c3ccc4c(c3)C3(c5ccccc5-c5cc(C6C=CC=C(c7ccccc7)C6)ccc53)c3ccccc3-4)c3ccccc3-c3ccccc3)cc21. The van der Waals surface area contributed by atoms with Gasteiger partial charge in [-0.3, -0.25) is 0 Å². The molecule has 4 aliphatic carbocycles. The Labute approximate surface area is 382 Å². The van der Waals surface area contributed by atoms with Gasteiger partial charge in [-0.1, -0.05) is 214 Å². The van der Waals surface area contributed by atoms with Crippen molar-refractivity contribution < 1.29 is 0 Å². The third kappa shape index (κ3) is 5.52. The van der Waals surface area contributed by atoms with Crippen LogP contribution in [0.3, 0.4) is 0 Å². The molecule has 9 aromatic carbocycles. The van der Waals surface area contributed by atoms with Crippen LogP contribution in [0, 0.1) is 0 Å². The van der Waals surface area contributed by atoms with Gasteiger partial charge in [-0.2, -0.15) is 0 Å². The zero-order valence-corrected chi connectivity index (χ0v) is 36.7. The third-order valence-corrected chi connectivity index (χ3v) is 15.1. The molecule has 0 fully saturated rings. The van der Waals surface area contributed by atoms with Gasteiger partial charge < -0.3 is 4.90 Å². The average Bonchev–Trinajstić information content (AvgIpc) is 3.92. The Morgan fingerprint density at radius 3 is 1.60 bits per heavy atom. The Hall–Kier alpha value is -7.74. The molecule has 13 rings (SSSR count). The number of para-hydroxylation sites is 1. The summed E-state index contributed by atoms with van der Waals surface area (Å²) in [6.45, 7) is 4.76. The Morgan fingerprint density at radius 2 is 0.908 bits per heavy atom. The molecule has 0 heterocycles. The maximum absolute atomic E-state index is 2.53. The molecule has 9 aromatic rings. The molecule has 0 saturated heterocycles. The van der Waals surface area contributed by atoms with Crippen molar-refractivity contribution in [2.24, 2.45) is 0 Å². The van der Waals surface area contributed by atoms with Gasteiger partial charge in [-0.15, -0.1) is 0 Å². The average molecular weight is 830 g/mol. The molecule has 1 nitrogen and oxygen atoms in total. The molecule has 0 saturated carbocycles.